The van der Waals surface area contributed by atoms with E-state index in [9.17, 15) is 14.4 Å². The second-order valence-corrected chi connectivity index (χ2v) is 6.50. The highest BCUT2D eigenvalue weighted by molar-refractivity contribution is 6.04. The number of rotatable bonds is 7. The lowest BCUT2D eigenvalue weighted by Gasteiger charge is -2.18. The number of amides is 1. The maximum atomic E-state index is 12.8. The molecule has 2 rings (SSSR count). The number of nitrogens with zero attached hydrogens (tertiary/aromatic N) is 3. The minimum absolute atomic E-state index is 0.00135. The summed E-state index contributed by atoms with van der Waals surface area (Å²) in [6.45, 7) is 4.68. The number of hydrogen-bond donors (Lipinski definition) is 1. The van der Waals surface area contributed by atoms with Crippen LogP contribution in [0.3, 0.4) is 0 Å². The molecule has 25 heavy (non-hydrogen) atoms. The van der Waals surface area contributed by atoms with Crippen molar-refractivity contribution in [1.29, 1.82) is 0 Å². The highest BCUT2D eigenvalue weighted by Gasteiger charge is 2.20. The number of fused-ring (bicyclic) bond motifs is 1. The Kier molecular flexibility index (Phi) is 5.90. The van der Waals surface area contributed by atoms with Crippen LogP contribution in [0.4, 0.5) is 0 Å². The zero-order valence-electron chi connectivity index (χ0n) is 14.7. The Balaban J connectivity index is 2.41. The van der Waals surface area contributed by atoms with Gasteiger partial charge in [-0.15, -0.1) is 0 Å². The maximum absolute atomic E-state index is 12.8. The summed E-state index contributed by atoms with van der Waals surface area (Å²) >= 11 is 0. The van der Waals surface area contributed by atoms with Gasteiger partial charge >= 0.3 is 5.97 Å². The average Bonchev–Trinajstić information content (AvgIpc) is 2.56. The second-order valence-electron chi connectivity index (χ2n) is 6.50. The molecule has 0 fully saturated rings. The summed E-state index contributed by atoms with van der Waals surface area (Å²) in [6, 6.07) is 6.92. The number of carbonyl (C=O) groups excluding carboxylic acids is 1. The van der Waals surface area contributed by atoms with Gasteiger partial charge in [0.15, 0.2) is 5.69 Å². The van der Waals surface area contributed by atoms with Gasteiger partial charge < -0.3 is 10.0 Å². The minimum atomic E-state index is -0.894. The molecule has 1 aromatic heterocycles. The second kappa shape index (κ2) is 7.92. The van der Waals surface area contributed by atoms with E-state index < -0.39 is 5.97 Å². The van der Waals surface area contributed by atoms with Crippen LogP contribution in [0, 0.1) is 5.92 Å². The third-order valence-corrected chi connectivity index (χ3v) is 3.84. The minimum Gasteiger partial charge on any atom is -0.481 e. The van der Waals surface area contributed by atoms with Gasteiger partial charge in [0.05, 0.1) is 5.39 Å². The van der Waals surface area contributed by atoms with E-state index in [1.54, 1.807) is 31.3 Å². The Morgan fingerprint density at radius 3 is 2.48 bits per heavy atom. The van der Waals surface area contributed by atoms with Crippen LogP contribution in [0.25, 0.3) is 10.8 Å². The summed E-state index contributed by atoms with van der Waals surface area (Å²) in [7, 11) is 1.61. The molecule has 0 aliphatic rings. The van der Waals surface area contributed by atoms with Gasteiger partial charge in [0, 0.05) is 31.9 Å². The fourth-order valence-corrected chi connectivity index (χ4v) is 2.61. The molecule has 0 radical (unpaired) electrons. The molecule has 0 aliphatic carbocycles. The van der Waals surface area contributed by atoms with Crippen molar-refractivity contribution in [2.24, 2.45) is 5.92 Å². The van der Waals surface area contributed by atoms with Gasteiger partial charge in [-0.05, 0) is 18.4 Å². The molecule has 1 aromatic carbocycles. The lowest BCUT2D eigenvalue weighted by Crippen LogP contribution is -2.33. The van der Waals surface area contributed by atoms with E-state index in [1.807, 2.05) is 13.8 Å². The molecule has 0 unspecified atom stereocenters. The molecule has 7 nitrogen and oxygen atoms in total. The molecule has 0 saturated heterocycles. The van der Waals surface area contributed by atoms with E-state index in [-0.39, 0.29) is 29.5 Å². The molecule has 0 spiro atoms. The van der Waals surface area contributed by atoms with Gasteiger partial charge in [0.2, 0.25) is 0 Å². The van der Waals surface area contributed by atoms with Crippen molar-refractivity contribution >= 4 is 22.6 Å². The Labute approximate surface area is 145 Å². The van der Waals surface area contributed by atoms with E-state index in [2.05, 4.69) is 5.10 Å². The summed E-state index contributed by atoms with van der Waals surface area (Å²) < 4.78 is 1.34. The number of benzene rings is 1. The zero-order valence-corrected chi connectivity index (χ0v) is 14.7. The quantitative estimate of drug-likeness (QED) is 0.828. The largest absolute Gasteiger partial charge is 0.481 e. The van der Waals surface area contributed by atoms with Crippen molar-refractivity contribution < 1.29 is 14.7 Å². The molecule has 0 saturated carbocycles. The van der Waals surface area contributed by atoms with E-state index in [0.717, 1.165) is 0 Å². The molecular formula is C18H23N3O4. The molecule has 1 N–H and O–H groups in total. The Bertz CT molecular complexity index is 842. The monoisotopic (exact) mass is 345 g/mol. The van der Waals surface area contributed by atoms with Gasteiger partial charge in [-0.2, -0.15) is 5.10 Å². The lowest BCUT2D eigenvalue weighted by molar-refractivity contribution is -0.137. The van der Waals surface area contributed by atoms with Crippen LogP contribution >= 0.6 is 0 Å². The van der Waals surface area contributed by atoms with Crippen LogP contribution in [0.2, 0.25) is 0 Å². The van der Waals surface area contributed by atoms with Gasteiger partial charge in [0.25, 0.3) is 11.5 Å². The van der Waals surface area contributed by atoms with Gasteiger partial charge in [-0.1, -0.05) is 32.0 Å². The van der Waals surface area contributed by atoms with E-state index in [1.165, 1.54) is 9.58 Å². The lowest BCUT2D eigenvalue weighted by atomic mass is 10.1. The molecule has 2 aromatic rings. The molecule has 134 valence electrons. The first-order chi connectivity index (χ1) is 11.8. The number of carbonyl (C=O) groups is 2. The smallest absolute Gasteiger partial charge is 0.303 e. The van der Waals surface area contributed by atoms with Crippen LogP contribution in [0.15, 0.2) is 29.1 Å². The molecule has 0 atom stereocenters. The van der Waals surface area contributed by atoms with Crippen molar-refractivity contribution in [2.45, 2.75) is 33.2 Å². The summed E-state index contributed by atoms with van der Waals surface area (Å²) in [6.07, 6.45) is 0.361. The predicted molar refractivity (Wildman–Crippen MR) is 94.7 cm³/mol. The number of carboxylic acid groups (broad SMARTS) is 1. The Hall–Kier alpha value is -2.70. The standard InChI is InChI=1S/C18H23N3O4/c1-12(2)11-21-17(24)14-8-5-4-7-13(14)16(19-21)18(25)20(3)10-6-9-15(22)23/h4-5,7-8,12H,6,9-11H2,1-3H3,(H,22,23). The molecule has 1 amide bonds. The fourth-order valence-electron chi connectivity index (χ4n) is 2.61. The number of hydrogen-bond acceptors (Lipinski definition) is 4. The molecule has 1 heterocycles. The van der Waals surface area contributed by atoms with Crippen LogP contribution in [-0.2, 0) is 11.3 Å². The van der Waals surface area contributed by atoms with Crippen LogP contribution in [0.1, 0.15) is 37.2 Å². The highest BCUT2D eigenvalue weighted by atomic mass is 16.4. The molecule has 0 bridgehead atoms. The Morgan fingerprint density at radius 1 is 1.24 bits per heavy atom. The van der Waals surface area contributed by atoms with Crippen molar-refractivity contribution in [3.8, 4) is 0 Å². The van der Waals surface area contributed by atoms with Crippen LogP contribution < -0.4 is 5.56 Å². The number of carboxylic acids is 1. The van der Waals surface area contributed by atoms with Crippen LogP contribution in [0.5, 0.6) is 0 Å². The fraction of sp³-hybridized carbons (Fsp3) is 0.444. The van der Waals surface area contributed by atoms with E-state index in [0.29, 0.717) is 30.3 Å². The van der Waals surface area contributed by atoms with Crippen molar-refractivity contribution in [3.05, 3.63) is 40.3 Å². The maximum Gasteiger partial charge on any atom is 0.303 e. The topological polar surface area (TPSA) is 92.5 Å². The van der Waals surface area contributed by atoms with Crippen LogP contribution in [-0.4, -0.2) is 45.3 Å². The summed E-state index contributed by atoms with van der Waals surface area (Å²) in [5.41, 5.74) is 0.00283. The van der Waals surface area contributed by atoms with Crippen molar-refractivity contribution in [1.82, 2.24) is 14.7 Å². The van der Waals surface area contributed by atoms with E-state index >= 15 is 0 Å². The zero-order chi connectivity index (χ0) is 18.6. The van der Waals surface area contributed by atoms with E-state index in [4.69, 9.17) is 5.11 Å². The first-order valence-electron chi connectivity index (χ1n) is 8.28. The van der Waals surface area contributed by atoms with Crippen molar-refractivity contribution in [3.63, 3.8) is 0 Å². The third kappa shape index (κ3) is 4.43. The number of aliphatic carboxylic acids is 1. The normalized spacial score (nSPS) is 11.0. The molecule has 0 aliphatic heterocycles. The summed E-state index contributed by atoms with van der Waals surface area (Å²) in [4.78, 5) is 37.4. The predicted octanol–water partition coefficient (Wildman–Crippen LogP) is 1.99. The first-order valence-corrected chi connectivity index (χ1v) is 8.28. The Morgan fingerprint density at radius 2 is 1.88 bits per heavy atom. The van der Waals surface area contributed by atoms with Crippen molar-refractivity contribution in [2.75, 3.05) is 13.6 Å². The third-order valence-electron chi connectivity index (χ3n) is 3.84. The van der Waals surface area contributed by atoms with Gasteiger partial charge in [-0.3, -0.25) is 14.4 Å². The summed E-state index contributed by atoms with van der Waals surface area (Å²) in [5.74, 6) is -1.00. The molecular weight excluding hydrogens is 322 g/mol. The SMILES string of the molecule is CC(C)Cn1nc(C(=O)N(C)CCCC(=O)O)c2ccccc2c1=O. The van der Waals surface area contributed by atoms with Gasteiger partial charge in [0.1, 0.15) is 0 Å². The average molecular weight is 345 g/mol. The number of aromatic nitrogens is 2. The summed E-state index contributed by atoms with van der Waals surface area (Å²) in [5, 5.41) is 14.0. The van der Waals surface area contributed by atoms with Gasteiger partial charge in [-0.25, -0.2) is 4.68 Å². The first kappa shape index (κ1) is 18.6. The highest BCUT2D eigenvalue weighted by Crippen LogP contribution is 2.15. The molecule has 7 heteroatoms.